The number of carboxylic acid groups (broad SMARTS) is 1. The Kier molecular flexibility index (Phi) is 9.69. The van der Waals surface area contributed by atoms with Crippen molar-refractivity contribution in [2.24, 2.45) is 0 Å². The largest absolute Gasteiger partial charge is 0.480 e. The fourth-order valence-electron chi connectivity index (χ4n) is 4.25. The summed E-state index contributed by atoms with van der Waals surface area (Å²) in [5.74, 6) is -1.22. The van der Waals surface area contributed by atoms with Gasteiger partial charge in [-0.3, -0.25) is 4.79 Å². The number of hydrogen-bond donors (Lipinski definition) is 4. The molecule has 7 heteroatoms. The Morgan fingerprint density at radius 3 is 2.55 bits per heavy atom. The third-order valence-electron chi connectivity index (χ3n) is 6.19. The molecule has 0 saturated heterocycles. The van der Waals surface area contributed by atoms with Gasteiger partial charge in [-0.1, -0.05) is 62.1 Å². The van der Waals surface area contributed by atoms with Gasteiger partial charge in [0.15, 0.2) is 0 Å². The molecule has 0 bridgehead atoms. The Morgan fingerprint density at radius 1 is 1.03 bits per heavy atom. The Balaban J connectivity index is 1.35. The number of aliphatic hydroxyl groups is 1. The van der Waals surface area contributed by atoms with Gasteiger partial charge in [-0.25, -0.2) is 9.78 Å². The quantitative estimate of drug-likeness (QED) is 0.344. The molecule has 0 unspecified atom stereocenters. The monoisotopic (exact) mass is 453 g/mol. The zero-order chi connectivity index (χ0) is 23.5. The maximum atomic E-state index is 12.5. The van der Waals surface area contributed by atoms with E-state index in [0.29, 0.717) is 12.0 Å². The first-order chi connectivity index (χ1) is 16.1. The molecule has 3 rings (SSSR count). The summed E-state index contributed by atoms with van der Waals surface area (Å²) in [6, 6.07) is 12.3. The number of amides is 1. The molecule has 1 amide bonds. The molecule has 178 valence electrons. The molecule has 0 saturated carbocycles. The van der Waals surface area contributed by atoms with E-state index in [-0.39, 0.29) is 6.61 Å². The summed E-state index contributed by atoms with van der Waals surface area (Å²) in [6.07, 6.45) is 8.38. The summed E-state index contributed by atoms with van der Waals surface area (Å²) >= 11 is 0. The molecule has 0 radical (unpaired) electrons. The molecular formula is C26H35N3O4. The maximum absolute atomic E-state index is 12.5. The lowest BCUT2D eigenvalue weighted by Gasteiger charge is -2.19. The molecule has 0 aliphatic carbocycles. The van der Waals surface area contributed by atoms with Crippen molar-refractivity contribution >= 4 is 17.7 Å². The molecule has 4 N–H and O–H groups in total. The number of benzene rings is 1. The Labute approximate surface area is 195 Å². The number of aromatic nitrogens is 1. The molecule has 1 aliphatic heterocycles. The highest BCUT2D eigenvalue weighted by Gasteiger charge is 2.25. The molecule has 2 atom stereocenters. The van der Waals surface area contributed by atoms with Gasteiger partial charge in [0.1, 0.15) is 11.9 Å². The van der Waals surface area contributed by atoms with E-state index in [1.807, 2.05) is 6.07 Å². The second-order valence-electron chi connectivity index (χ2n) is 8.69. The summed E-state index contributed by atoms with van der Waals surface area (Å²) in [7, 11) is 0. The lowest BCUT2D eigenvalue weighted by Crippen LogP contribution is -2.43. The SMILES string of the molecule is O=C(O)[C@H](CCCCCCCc1ccc2c(n1)NCCC2)NC(=O)[C@@H](CO)c1ccccc1. The highest BCUT2D eigenvalue weighted by molar-refractivity contribution is 5.88. The lowest BCUT2D eigenvalue weighted by molar-refractivity contribution is -0.142. The predicted octanol–water partition coefficient (Wildman–Crippen LogP) is 3.67. The van der Waals surface area contributed by atoms with Crippen LogP contribution in [0.1, 0.15) is 67.7 Å². The molecule has 1 aromatic carbocycles. The number of rotatable bonds is 13. The first kappa shape index (κ1) is 24.7. The van der Waals surface area contributed by atoms with E-state index in [1.165, 1.54) is 5.56 Å². The molecule has 0 spiro atoms. The fraction of sp³-hybridized carbons (Fsp3) is 0.500. The maximum Gasteiger partial charge on any atom is 0.326 e. The molecule has 0 fully saturated rings. The highest BCUT2D eigenvalue weighted by Crippen LogP contribution is 2.21. The minimum Gasteiger partial charge on any atom is -0.480 e. The van der Waals surface area contributed by atoms with Crippen LogP contribution in [-0.2, 0) is 22.4 Å². The van der Waals surface area contributed by atoms with Crippen molar-refractivity contribution in [3.8, 4) is 0 Å². The number of aryl methyl sites for hydroxylation is 2. The number of carbonyl (C=O) groups is 2. The zero-order valence-corrected chi connectivity index (χ0v) is 19.1. The summed E-state index contributed by atoms with van der Waals surface area (Å²) < 4.78 is 0. The van der Waals surface area contributed by atoms with Crippen molar-refractivity contribution in [3.05, 3.63) is 59.3 Å². The zero-order valence-electron chi connectivity index (χ0n) is 19.1. The van der Waals surface area contributed by atoms with Crippen LogP contribution in [0.5, 0.6) is 0 Å². The van der Waals surface area contributed by atoms with Crippen LogP contribution in [0.3, 0.4) is 0 Å². The summed E-state index contributed by atoms with van der Waals surface area (Å²) in [6.45, 7) is 0.630. The smallest absolute Gasteiger partial charge is 0.326 e. The average Bonchev–Trinajstić information content (AvgIpc) is 2.83. The average molecular weight is 454 g/mol. The first-order valence-electron chi connectivity index (χ1n) is 12.0. The molecule has 2 heterocycles. The van der Waals surface area contributed by atoms with Gasteiger partial charge in [0.25, 0.3) is 0 Å². The predicted molar refractivity (Wildman–Crippen MR) is 128 cm³/mol. The first-order valence-corrected chi connectivity index (χ1v) is 12.0. The van der Waals surface area contributed by atoms with Crippen LogP contribution < -0.4 is 10.6 Å². The number of hydrogen-bond acceptors (Lipinski definition) is 5. The van der Waals surface area contributed by atoms with Crippen LogP contribution in [-0.4, -0.2) is 46.3 Å². The van der Waals surface area contributed by atoms with Crippen LogP contribution >= 0.6 is 0 Å². The van der Waals surface area contributed by atoms with Crippen molar-refractivity contribution in [3.63, 3.8) is 0 Å². The van der Waals surface area contributed by atoms with E-state index < -0.39 is 23.8 Å². The number of fused-ring (bicyclic) bond motifs is 1. The van der Waals surface area contributed by atoms with Gasteiger partial charge in [-0.05, 0) is 49.3 Å². The van der Waals surface area contributed by atoms with E-state index in [0.717, 1.165) is 69.4 Å². The van der Waals surface area contributed by atoms with Gasteiger partial charge in [-0.15, -0.1) is 0 Å². The van der Waals surface area contributed by atoms with Gasteiger partial charge in [-0.2, -0.15) is 0 Å². The van der Waals surface area contributed by atoms with Gasteiger partial charge >= 0.3 is 5.97 Å². The number of anilines is 1. The van der Waals surface area contributed by atoms with E-state index in [1.54, 1.807) is 24.3 Å². The second kappa shape index (κ2) is 12.9. The highest BCUT2D eigenvalue weighted by atomic mass is 16.4. The molecule has 7 nitrogen and oxygen atoms in total. The minimum absolute atomic E-state index is 0.364. The minimum atomic E-state index is -1.04. The van der Waals surface area contributed by atoms with Crippen LogP contribution in [0.2, 0.25) is 0 Å². The van der Waals surface area contributed by atoms with Crippen LogP contribution in [0.25, 0.3) is 0 Å². The number of aliphatic hydroxyl groups excluding tert-OH is 1. The number of nitrogens with zero attached hydrogens (tertiary/aromatic N) is 1. The van der Waals surface area contributed by atoms with Crippen LogP contribution in [0, 0.1) is 0 Å². The lowest BCUT2D eigenvalue weighted by atomic mass is 9.98. The van der Waals surface area contributed by atoms with E-state index in [2.05, 4.69) is 22.8 Å². The van der Waals surface area contributed by atoms with Crippen molar-refractivity contribution in [1.82, 2.24) is 10.3 Å². The molecule has 1 aromatic heterocycles. The third-order valence-corrected chi connectivity index (χ3v) is 6.19. The number of carbonyl (C=O) groups excluding carboxylic acids is 1. The topological polar surface area (TPSA) is 112 Å². The van der Waals surface area contributed by atoms with E-state index in [9.17, 15) is 19.8 Å². The Bertz CT molecular complexity index is 904. The standard InChI is InChI=1S/C26H35N3O4/c30-18-22(19-10-5-4-6-11-19)25(31)29-23(26(32)33)14-8-3-1-2-7-13-21-16-15-20-12-9-17-27-24(20)28-21/h4-6,10-11,15-16,22-23,30H,1-3,7-9,12-14,17-18H2,(H,27,28)(H,29,31)(H,32,33)/t22-,23-/m0/s1. The van der Waals surface area contributed by atoms with Gasteiger partial charge < -0.3 is 20.8 Å². The number of aliphatic carboxylic acids is 1. The number of carboxylic acids is 1. The Hall–Kier alpha value is -2.93. The normalized spacial score (nSPS) is 14.6. The Morgan fingerprint density at radius 2 is 1.79 bits per heavy atom. The summed E-state index contributed by atoms with van der Waals surface area (Å²) in [5.41, 5.74) is 3.10. The van der Waals surface area contributed by atoms with Crippen molar-refractivity contribution in [1.29, 1.82) is 0 Å². The van der Waals surface area contributed by atoms with Gasteiger partial charge in [0.05, 0.1) is 12.5 Å². The van der Waals surface area contributed by atoms with Crippen molar-refractivity contribution < 1.29 is 19.8 Å². The fourth-order valence-corrected chi connectivity index (χ4v) is 4.25. The third kappa shape index (κ3) is 7.56. The second-order valence-corrected chi connectivity index (χ2v) is 8.69. The van der Waals surface area contributed by atoms with Crippen LogP contribution in [0.15, 0.2) is 42.5 Å². The number of nitrogens with one attached hydrogen (secondary N) is 2. The number of unbranched alkanes of at least 4 members (excludes halogenated alkanes) is 4. The molecule has 33 heavy (non-hydrogen) atoms. The van der Waals surface area contributed by atoms with Crippen molar-refractivity contribution in [2.45, 2.75) is 69.7 Å². The summed E-state index contributed by atoms with van der Waals surface area (Å²) in [5, 5.41) is 25.1. The molecule has 1 aliphatic rings. The van der Waals surface area contributed by atoms with Crippen molar-refractivity contribution in [2.75, 3.05) is 18.5 Å². The summed E-state index contributed by atoms with van der Waals surface area (Å²) in [4.78, 5) is 28.9. The van der Waals surface area contributed by atoms with E-state index >= 15 is 0 Å². The molecular weight excluding hydrogens is 418 g/mol. The van der Waals surface area contributed by atoms with Crippen LogP contribution in [0.4, 0.5) is 5.82 Å². The van der Waals surface area contributed by atoms with Gasteiger partial charge in [0, 0.05) is 12.2 Å². The van der Waals surface area contributed by atoms with E-state index in [4.69, 9.17) is 4.98 Å². The molecule has 2 aromatic rings. The number of pyridine rings is 1. The van der Waals surface area contributed by atoms with Gasteiger partial charge in [0.2, 0.25) is 5.91 Å².